The van der Waals surface area contributed by atoms with Gasteiger partial charge in [-0.25, -0.2) is 9.97 Å². The van der Waals surface area contributed by atoms with Gasteiger partial charge in [-0.3, -0.25) is 4.79 Å². The first kappa shape index (κ1) is 32.6. The van der Waals surface area contributed by atoms with Gasteiger partial charge in [0.15, 0.2) is 0 Å². The minimum atomic E-state index is -0.198. The molecule has 0 aliphatic carbocycles. The smallest absolute Gasteiger partial charge is 0.216 e. The molecule has 4 N–H and O–H groups in total. The second-order valence-corrected chi connectivity index (χ2v) is 14.9. The van der Waals surface area contributed by atoms with Crippen molar-refractivity contribution in [1.82, 2.24) is 19.9 Å². The van der Waals surface area contributed by atoms with E-state index in [0.29, 0.717) is 28.0 Å². The Bertz CT molecular complexity index is 3130. The van der Waals surface area contributed by atoms with Crippen LogP contribution in [-0.4, -0.2) is 25.7 Å². The summed E-state index contributed by atoms with van der Waals surface area (Å²) >= 11 is 0. The van der Waals surface area contributed by atoms with E-state index < -0.39 is 0 Å². The van der Waals surface area contributed by atoms with Crippen LogP contribution in [0.15, 0.2) is 115 Å². The van der Waals surface area contributed by atoms with Crippen molar-refractivity contribution in [1.29, 1.82) is 0 Å². The van der Waals surface area contributed by atoms with Gasteiger partial charge < -0.3 is 15.7 Å². The summed E-state index contributed by atoms with van der Waals surface area (Å²) in [4.78, 5) is 33.2. The first-order valence-electron chi connectivity index (χ1n) is 18.6. The van der Waals surface area contributed by atoms with E-state index >= 15 is 0 Å². The normalized spacial score (nSPS) is 12.4. The fourth-order valence-electron chi connectivity index (χ4n) is 8.16. The number of ketones is 1. The molecule has 8 bridgehead atoms. The molecular weight excluding hydrogens is 675 g/mol. The number of aromatic nitrogens is 4. The molecule has 0 fully saturated rings. The summed E-state index contributed by atoms with van der Waals surface area (Å²) < 4.78 is 0. The van der Waals surface area contributed by atoms with E-state index in [4.69, 9.17) is 15.7 Å². The van der Waals surface area contributed by atoms with Crippen molar-refractivity contribution < 1.29 is 4.79 Å². The average Bonchev–Trinajstić information content (AvgIpc) is 4.01. The van der Waals surface area contributed by atoms with Crippen LogP contribution in [0.5, 0.6) is 0 Å². The van der Waals surface area contributed by atoms with Gasteiger partial charge in [0.05, 0.1) is 28.2 Å². The molecule has 6 heteroatoms. The molecule has 0 atom stereocenters. The summed E-state index contributed by atoms with van der Waals surface area (Å²) in [6, 6.07) is 39.9. The molecule has 8 aromatic rings. The van der Waals surface area contributed by atoms with Gasteiger partial charge in [-0.1, -0.05) is 107 Å². The molecule has 5 aromatic carbocycles. The number of hydrogen-bond donors (Lipinski definition) is 3. The van der Waals surface area contributed by atoms with E-state index in [1.807, 2.05) is 13.0 Å². The first-order valence-corrected chi connectivity index (χ1v) is 18.6. The number of nitrogens with one attached hydrogen (secondary N) is 2. The molecule has 6 nitrogen and oxygen atoms in total. The highest BCUT2D eigenvalue weighted by Crippen LogP contribution is 2.42. The Morgan fingerprint density at radius 2 is 0.927 bits per heavy atom. The minimum Gasteiger partial charge on any atom is -0.398 e. The number of H-pyrrole nitrogens is 2. The Kier molecular flexibility index (Phi) is 7.26. The van der Waals surface area contributed by atoms with Crippen LogP contribution in [0, 0.1) is 27.7 Å². The van der Waals surface area contributed by atoms with E-state index in [9.17, 15) is 4.79 Å². The molecule has 5 heterocycles. The Morgan fingerprint density at radius 3 is 1.47 bits per heavy atom. The molecule has 2 aliphatic rings. The SMILES string of the molecule is Cc1ccc(-c2c3nc(c(-c4ccc(C)cc4)c4ccc([nH]4)c4c5nc(c(-c6ccc(C)cc6)c6ccc2[nH]6)C(=O)c5c(N)c2cc(C)ccc24)C=C3)cc1. The lowest BCUT2D eigenvalue weighted by Crippen LogP contribution is -2.04. The number of aromatic amines is 2. The molecule has 0 radical (unpaired) electrons. The second kappa shape index (κ2) is 12.3. The molecule has 2 aliphatic heterocycles. The van der Waals surface area contributed by atoms with Gasteiger partial charge >= 0.3 is 0 Å². The monoisotopic (exact) mass is 711 g/mol. The van der Waals surface area contributed by atoms with Crippen molar-refractivity contribution in [3.05, 3.63) is 160 Å². The van der Waals surface area contributed by atoms with Crippen molar-refractivity contribution in [3.63, 3.8) is 0 Å². The summed E-state index contributed by atoms with van der Waals surface area (Å²) in [6.45, 7) is 8.29. The zero-order chi connectivity index (χ0) is 37.5. The van der Waals surface area contributed by atoms with Crippen molar-refractivity contribution >= 4 is 67.4 Å². The summed E-state index contributed by atoms with van der Waals surface area (Å²) in [5.41, 5.74) is 24.0. The lowest BCUT2D eigenvalue weighted by molar-refractivity contribution is 0.104. The van der Waals surface area contributed by atoms with E-state index in [1.54, 1.807) is 0 Å². The topological polar surface area (TPSA) is 100 Å². The van der Waals surface area contributed by atoms with Gasteiger partial charge in [0.2, 0.25) is 5.78 Å². The highest BCUT2D eigenvalue weighted by molar-refractivity contribution is 6.32. The van der Waals surface area contributed by atoms with Crippen LogP contribution in [0.25, 0.3) is 89.3 Å². The summed E-state index contributed by atoms with van der Waals surface area (Å²) in [5, 5.41) is 2.59. The number of carbonyl (C=O) groups excluding carboxylic acids is 1. The number of nitrogens with two attached hydrogens (primary N) is 1. The maximum atomic E-state index is 15.0. The number of carbonyl (C=O) groups is 1. The summed E-state index contributed by atoms with van der Waals surface area (Å²) in [5.74, 6) is -0.198. The Hall–Kier alpha value is -7.05. The number of nitrogen functional groups attached to an aromatic ring is 1. The number of nitrogens with zero attached hydrogens (tertiary/aromatic N) is 2. The Balaban J connectivity index is 1.45. The van der Waals surface area contributed by atoms with Crippen molar-refractivity contribution in [3.8, 4) is 33.4 Å². The van der Waals surface area contributed by atoms with Gasteiger partial charge in [-0.15, -0.1) is 0 Å². The van der Waals surface area contributed by atoms with E-state index in [-0.39, 0.29) is 5.78 Å². The second-order valence-electron chi connectivity index (χ2n) is 14.9. The Labute approximate surface area is 318 Å². The molecule has 264 valence electrons. The van der Waals surface area contributed by atoms with E-state index in [2.05, 4.69) is 152 Å². The quantitative estimate of drug-likeness (QED) is 0.159. The predicted octanol–water partition coefficient (Wildman–Crippen LogP) is 11.8. The fraction of sp³-hybridized carbons (Fsp3) is 0.0816. The number of benzene rings is 5. The molecule has 0 unspecified atom stereocenters. The van der Waals surface area contributed by atoms with Gasteiger partial charge in [0.25, 0.3) is 0 Å². The van der Waals surface area contributed by atoms with Crippen LogP contribution in [0.1, 0.15) is 49.7 Å². The molecule has 55 heavy (non-hydrogen) atoms. The zero-order valence-electron chi connectivity index (χ0n) is 31.0. The molecule has 0 spiro atoms. The summed E-state index contributed by atoms with van der Waals surface area (Å²) in [6.07, 6.45) is 4.21. The molecule has 0 saturated heterocycles. The van der Waals surface area contributed by atoms with Crippen molar-refractivity contribution in [2.45, 2.75) is 27.7 Å². The number of fused-ring (bicyclic) bond motifs is 10. The third kappa shape index (κ3) is 5.21. The fourth-order valence-corrected chi connectivity index (χ4v) is 8.16. The average molecular weight is 712 g/mol. The zero-order valence-corrected chi connectivity index (χ0v) is 31.0. The third-order valence-electron chi connectivity index (χ3n) is 11.0. The van der Waals surface area contributed by atoms with Gasteiger partial charge in [-0.05, 0) is 92.3 Å². The van der Waals surface area contributed by atoms with Crippen LogP contribution in [0.2, 0.25) is 0 Å². The molecule has 0 saturated carbocycles. The van der Waals surface area contributed by atoms with Crippen LogP contribution >= 0.6 is 0 Å². The Morgan fingerprint density at radius 1 is 0.473 bits per heavy atom. The van der Waals surface area contributed by atoms with Gasteiger partial charge in [-0.2, -0.15) is 0 Å². The van der Waals surface area contributed by atoms with Crippen LogP contribution in [-0.2, 0) is 0 Å². The maximum absolute atomic E-state index is 15.0. The van der Waals surface area contributed by atoms with Crippen molar-refractivity contribution in [2.75, 3.05) is 5.73 Å². The van der Waals surface area contributed by atoms with Gasteiger partial charge in [0, 0.05) is 49.5 Å². The minimum absolute atomic E-state index is 0.198. The number of aryl methyl sites for hydroxylation is 4. The van der Waals surface area contributed by atoms with Crippen LogP contribution < -0.4 is 5.73 Å². The van der Waals surface area contributed by atoms with Crippen LogP contribution in [0.4, 0.5) is 5.69 Å². The van der Waals surface area contributed by atoms with Crippen molar-refractivity contribution in [2.24, 2.45) is 0 Å². The van der Waals surface area contributed by atoms with Gasteiger partial charge in [0.1, 0.15) is 5.69 Å². The third-order valence-corrected chi connectivity index (χ3v) is 11.0. The highest BCUT2D eigenvalue weighted by atomic mass is 16.1. The van der Waals surface area contributed by atoms with Crippen LogP contribution in [0.3, 0.4) is 0 Å². The highest BCUT2D eigenvalue weighted by Gasteiger charge is 2.30. The van der Waals surface area contributed by atoms with E-state index in [0.717, 1.165) is 88.6 Å². The molecule has 0 amide bonds. The van der Waals surface area contributed by atoms with E-state index in [1.165, 1.54) is 11.1 Å². The lowest BCUT2D eigenvalue weighted by atomic mass is 9.94. The molecule has 3 aromatic heterocycles. The maximum Gasteiger partial charge on any atom is 0.216 e. The number of rotatable bonds is 3. The summed E-state index contributed by atoms with van der Waals surface area (Å²) in [7, 11) is 0. The molecule has 10 rings (SSSR count). The first-order chi connectivity index (χ1) is 26.7. The largest absolute Gasteiger partial charge is 0.398 e. The lowest BCUT2D eigenvalue weighted by Gasteiger charge is -2.10. The predicted molar refractivity (Wildman–Crippen MR) is 228 cm³/mol. The standard InChI is InChI=1S/C49H37N5O/c1-26-5-12-30(13-6-26)41-35-19-20-36(51-35)42(31-14-7-27(2)8-15-31)38-22-24-40(53-38)44-33-18-11-29(4)25-34(33)46(50)45-47(44)54-48(49(45)55)43(39-23-21-37(41)52-39)32-16-9-28(3)10-17-32/h5-25,52-53H,50H2,1-4H3. The number of anilines is 1. The molecular formula is C49H37N5O. The number of hydrogen-bond acceptors (Lipinski definition) is 4.